The highest BCUT2D eigenvalue weighted by molar-refractivity contribution is 8.00. The number of esters is 1. The standard InChI is InChI=1S/C8H13NO5S/c1-2-14-7(11)4-15-3-6(8(12)13)9-5-10/h5-6H,2-4H2,1H3,(H,9,10)(H,12,13). The zero-order valence-electron chi connectivity index (χ0n) is 8.26. The Balaban J connectivity index is 3.75. The van der Waals surface area contributed by atoms with Crippen LogP contribution in [0.25, 0.3) is 0 Å². The lowest BCUT2D eigenvalue weighted by Crippen LogP contribution is -2.38. The number of rotatable bonds is 8. The van der Waals surface area contributed by atoms with Crippen LogP contribution < -0.4 is 5.32 Å². The second kappa shape index (κ2) is 8.10. The van der Waals surface area contributed by atoms with Gasteiger partial charge >= 0.3 is 11.9 Å². The maximum absolute atomic E-state index is 10.9. The molecule has 6 nitrogen and oxygen atoms in total. The number of hydrogen-bond donors (Lipinski definition) is 2. The van der Waals surface area contributed by atoms with Gasteiger partial charge in [-0.2, -0.15) is 0 Å². The SMILES string of the molecule is CCOC(=O)CSCC(NC=O)C(=O)O. The molecule has 86 valence electrons. The van der Waals surface area contributed by atoms with Gasteiger partial charge in [-0.05, 0) is 6.92 Å². The maximum Gasteiger partial charge on any atom is 0.327 e. The van der Waals surface area contributed by atoms with Crippen LogP contribution in [0.2, 0.25) is 0 Å². The lowest BCUT2D eigenvalue weighted by Gasteiger charge is -2.09. The number of aliphatic carboxylic acids is 1. The Kier molecular flexibility index (Phi) is 7.43. The van der Waals surface area contributed by atoms with E-state index in [-0.39, 0.29) is 11.5 Å². The van der Waals surface area contributed by atoms with E-state index in [2.05, 4.69) is 10.1 Å². The molecule has 15 heavy (non-hydrogen) atoms. The van der Waals surface area contributed by atoms with E-state index in [0.717, 1.165) is 11.8 Å². The van der Waals surface area contributed by atoms with Gasteiger partial charge < -0.3 is 15.2 Å². The molecule has 0 aliphatic rings. The van der Waals surface area contributed by atoms with Gasteiger partial charge in [0.15, 0.2) is 0 Å². The molecule has 0 spiro atoms. The number of ether oxygens (including phenoxy) is 1. The predicted molar refractivity (Wildman–Crippen MR) is 54.6 cm³/mol. The Morgan fingerprint density at radius 3 is 2.73 bits per heavy atom. The molecule has 0 aromatic rings. The van der Waals surface area contributed by atoms with Crippen molar-refractivity contribution in [3.05, 3.63) is 0 Å². The van der Waals surface area contributed by atoms with E-state index in [1.165, 1.54) is 0 Å². The molecule has 0 bridgehead atoms. The molecule has 1 unspecified atom stereocenters. The van der Waals surface area contributed by atoms with Crippen molar-refractivity contribution >= 4 is 30.1 Å². The van der Waals surface area contributed by atoms with Crippen LogP contribution in [0, 0.1) is 0 Å². The highest BCUT2D eigenvalue weighted by Crippen LogP contribution is 2.03. The highest BCUT2D eigenvalue weighted by atomic mass is 32.2. The first-order chi connectivity index (χ1) is 7.11. The van der Waals surface area contributed by atoms with Gasteiger partial charge in [-0.15, -0.1) is 11.8 Å². The number of carbonyl (C=O) groups excluding carboxylic acids is 2. The molecule has 0 aliphatic heterocycles. The number of carboxylic acids is 1. The largest absolute Gasteiger partial charge is 0.480 e. The molecule has 2 N–H and O–H groups in total. The minimum atomic E-state index is -1.13. The van der Waals surface area contributed by atoms with Gasteiger partial charge in [-0.1, -0.05) is 0 Å². The van der Waals surface area contributed by atoms with E-state index in [1.807, 2.05) is 0 Å². The number of thioether (sulfide) groups is 1. The molecule has 0 aromatic heterocycles. The smallest absolute Gasteiger partial charge is 0.327 e. The predicted octanol–water partition coefficient (Wildman–Crippen LogP) is -0.518. The van der Waals surface area contributed by atoms with Gasteiger partial charge in [0, 0.05) is 5.75 Å². The van der Waals surface area contributed by atoms with Crippen LogP contribution >= 0.6 is 11.8 Å². The van der Waals surface area contributed by atoms with E-state index in [4.69, 9.17) is 5.11 Å². The van der Waals surface area contributed by atoms with Crippen LogP contribution in [-0.2, 0) is 19.1 Å². The third-order valence-electron chi connectivity index (χ3n) is 1.38. The Hall–Kier alpha value is -1.24. The van der Waals surface area contributed by atoms with Crippen LogP contribution in [0.1, 0.15) is 6.92 Å². The molecule has 0 aromatic carbocycles. The van der Waals surface area contributed by atoms with Gasteiger partial charge in [-0.25, -0.2) is 4.79 Å². The summed E-state index contributed by atoms with van der Waals surface area (Å²) >= 11 is 1.10. The van der Waals surface area contributed by atoms with E-state index < -0.39 is 18.0 Å². The minimum Gasteiger partial charge on any atom is -0.480 e. The number of carbonyl (C=O) groups is 3. The third-order valence-corrected chi connectivity index (χ3v) is 2.39. The summed E-state index contributed by atoms with van der Waals surface area (Å²) in [6, 6.07) is -0.970. The second-order valence-electron chi connectivity index (χ2n) is 2.50. The van der Waals surface area contributed by atoms with E-state index >= 15 is 0 Å². The average Bonchev–Trinajstić information content (AvgIpc) is 2.16. The van der Waals surface area contributed by atoms with E-state index in [0.29, 0.717) is 13.0 Å². The monoisotopic (exact) mass is 235 g/mol. The fraction of sp³-hybridized carbons (Fsp3) is 0.625. The first kappa shape index (κ1) is 13.8. The van der Waals surface area contributed by atoms with Crippen molar-refractivity contribution in [2.75, 3.05) is 18.1 Å². The molecular formula is C8H13NO5S. The number of hydrogen-bond acceptors (Lipinski definition) is 5. The van der Waals surface area contributed by atoms with Crippen molar-refractivity contribution in [1.29, 1.82) is 0 Å². The van der Waals surface area contributed by atoms with Crippen LogP contribution in [0.5, 0.6) is 0 Å². The summed E-state index contributed by atoms with van der Waals surface area (Å²) in [4.78, 5) is 31.5. The Labute approximate surface area is 91.4 Å². The number of carboxylic acid groups (broad SMARTS) is 1. The van der Waals surface area contributed by atoms with Crippen LogP contribution in [0.15, 0.2) is 0 Å². The Morgan fingerprint density at radius 1 is 1.60 bits per heavy atom. The van der Waals surface area contributed by atoms with Crippen LogP contribution in [-0.4, -0.2) is 47.6 Å². The van der Waals surface area contributed by atoms with E-state index in [1.54, 1.807) is 6.92 Å². The zero-order valence-corrected chi connectivity index (χ0v) is 9.08. The lowest BCUT2D eigenvalue weighted by atomic mass is 10.3. The topological polar surface area (TPSA) is 92.7 Å². The fourth-order valence-electron chi connectivity index (χ4n) is 0.736. The molecule has 1 amide bonds. The summed E-state index contributed by atoms with van der Waals surface area (Å²) in [6.07, 6.45) is 0.323. The average molecular weight is 235 g/mol. The van der Waals surface area contributed by atoms with Crippen molar-refractivity contribution in [3.63, 3.8) is 0 Å². The van der Waals surface area contributed by atoms with Gasteiger partial charge in [0.1, 0.15) is 6.04 Å². The first-order valence-electron chi connectivity index (χ1n) is 4.27. The fourth-order valence-corrected chi connectivity index (χ4v) is 1.58. The molecule has 0 fully saturated rings. The van der Waals surface area contributed by atoms with Gasteiger partial charge in [-0.3, -0.25) is 9.59 Å². The summed E-state index contributed by atoms with van der Waals surface area (Å²) in [5, 5.41) is 10.8. The molecule has 0 saturated carbocycles. The molecule has 1 atom stereocenters. The quantitative estimate of drug-likeness (QED) is 0.434. The van der Waals surface area contributed by atoms with Crippen molar-refractivity contribution in [3.8, 4) is 0 Å². The molecule has 0 rings (SSSR count). The van der Waals surface area contributed by atoms with Crippen molar-refractivity contribution in [2.24, 2.45) is 0 Å². The molecule has 7 heteroatoms. The van der Waals surface area contributed by atoms with Crippen LogP contribution in [0.3, 0.4) is 0 Å². The van der Waals surface area contributed by atoms with Crippen LogP contribution in [0.4, 0.5) is 0 Å². The first-order valence-corrected chi connectivity index (χ1v) is 5.43. The molecular weight excluding hydrogens is 222 g/mol. The summed E-state index contributed by atoms with van der Waals surface area (Å²) in [5.41, 5.74) is 0. The van der Waals surface area contributed by atoms with Gasteiger partial charge in [0.2, 0.25) is 6.41 Å². The van der Waals surface area contributed by atoms with Crippen molar-refractivity contribution < 1.29 is 24.2 Å². The Bertz CT molecular complexity index is 233. The summed E-state index contributed by atoms with van der Waals surface area (Å²) < 4.78 is 4.65. The van der Waals surface area contributed by atoms with Gasteiger partial charge in [0.25, 0.3) is 0 Å². The third kappa shape index (κ3) is 6.78. The zero-order chi connectivity index (χ0) is 11.7. The second-order valence-corrected chi connectivity index (χ2v) is 3.53. The normalized spacial score (nSPS) is 11.5. The molecule has 0 aliphatic carbocycles. The summed E-state index contributed by atoms with van der Waals surface area (Å²) in [5.74, 6) is -1.30. The summed E-state index contributed by atoms with van der Waals surface area (Å²) in [7, 11) is 0. The van der Waals surface area contributed by atoms with Crippen molar-refractivity contribution in [1.82, 2.24) is 5.32 Å². The lowest BCUT2D eigenvalue weighted by molar-refractivity contribution is -0.140. The molecule has 0 heterocycles. The van der Waals surface area contributed by atoms with Gasteiger partial charge in [0.05, 0.1) is 12.4 Å². The number of nitrogens with one attached hydrogen (secondary N) is 1. The minimum absolute atomic E-state index is 0.0815. The summed E-state index contributed by atoms with van der Waals surface area (Å²) in [6.45, 7) is 1.99. The molecule has 0 radical (unpaired) electrons. The highest BCUT2D eigenvalue weighted by Gasteiger charge is 2.16. The number of amides is 1. The van der Waals surface area contributed by atoms with E-state index in [9.17, 15) is 14.4 Å². The molecule has 0 saturated heterocycles. The van der Waals surface area contributed by atoms with Crippen molar-refractivity contribution in [2.45, 2.75) is 13.0 Å². The maximum atomic E-state index is 10.9. The Morgan fingerprint density at radius 2 is 2.27 bits per heavy atom.